The van der Waals surface area contributed by atoms with E-state index in [1.165, 1.54) is 11.3 Å². The Balaban J connectivity index is 2.17. The van der Waals surface area contributed by atoms with Crippen LogP contribution in [-0.2, 0) is 23.2 Å². The van der Waals surface area contributed by atoms with E-state index in [1.54, 1.807) is 12.1 Å². The maximum atomic E-state index is 13.2. The van der Waals surface area contributed by atoms with E-state index < -0.39 is 22.4 Å². The molecule has 1 heterocycles. The molecule has 20 heavy (non-hydrogen) atoms. The van der Waals surface area contributed by atoms with E-state index in [0.717, 1.165) is 23.1 Å². The van der Waals surface area contributed by atoms with Crippen LogP contribution < -0.4 is 4.72 Å². The predicted octanol–water partition coefficient (Wildman–Crippen LogP) is 2.51. The molecule has 0 aliphatic heterocycles. The van der Waals surface area contributed by atoms with E-state index in [2.05, 4.69) is 4.72 Å². The minimum atomic E-state index is -3.76. The predicted molar refractivity (Wildman–Crippen MR) is 75.7 cm³/mol. The molecule has 0 atom stereocenters. The van der Waals surface area contributed by atoms with E-state index in [0.29, 0.717) is 4.34 Å². The van der Waals surface area contributed by atoms with Crippen molar-refractivity contribution in [1.29, 1.82) is 0 Å². The van der Waals surface area contributed by atoms with Crippen molar-refractivity contribution < 1.29 is 17.9 Å². The quantitative estimate of drug-likeness (QED) is 0.882. The highest BCUT2D eigenvalue weighted by Crippen LogP contribution is 2.22. The van der Waals surface area contributed by atoms with Gasteiger partial charge in [-0.25, -0.2) is 17.5 Å². The molecule has 2 N–H and O–H groups in total. The average molecular weight is 336 g/mol. The van der Waals surface area contributed by atoms with Crippen LogP contribution in [0.3, 0.4) is 0 Å². The Bertz CT molecular complexity index is 715. The first kappa shape index (κ1) is 15.4. The molecule has 2 rings (SSSR count). The SMILES string of the molecule is O=S(=O)(NCc1ccc(Cl)s1)c1ccc(F)c(CO)c1. The van der Waals surface area contributed by atoms with Crippen LogP contribution in [-0.4, -0.2) is 13.5 Å². The van der Waals surface area contributed by atoms with Gasteiger partial charge in [-0.05, 0) is 30.3 Å². The molecule has 0 radical (unpaired) electrons. The zero-order valence-electron chi connectivity index (χ0n) is 10.1. The van der Waals surface area contributed by atoms with E-state index in [-0.39, 0.29) is 17.0 Å². The van der Waals surface area contributed by atoms with Gasteiger partial charge < -0.3 is 5.11 Å². The Morgan fingerprint density at radius 3 is 2.65 bits per heavy atom. The van der Waals surface area contributed by atoms with Gasteiger partial charge >= 0.3 is 0 Å². The lowest BCUT2D eigenvalue weighted by Crippen LogP contribution is -2.23. The first-order valence-electron chi connectivity index (χ1n) is 5.55. The lowest BCUT2D eigenvalue weighted by Gasteiger charge is -2.07. The van der Waals surface area contributed by atoms with Crippen LogP contribution >= 0.6 is 22.9 Å². The standard InChI is InChI=1S/C12H11ClFNO3S2/c13-12-4-1-9(19-12)6-15-20(17,18)10-2-3-11(14)8(5-10)7-16/h1-5,15-16H,6-7H2. The first-order valence-corrected chi connectivity index (χ1v) is 8.23. The molecule has 0 saturated heterocycles. The van der Waals surface area contributed by atoms with Gasteiger partial charge in [-0.3, -0.25) is 0 Å². The normalized spacial score (nSPS) is 11.8. The van der Waals surface area contributed by atoms with Crippen molar-refractivity contribution in [3.8, 4) is 0 Å². The van der Waals surface area contributed by atoms with Crippen LogP contribution in [0.4, 0.5) is 4.39 Å². The maximum absolute atomic E-state index is 13.2. The van der Waals surface area contributed by atoms with Crippen molar-refractivity contribution >= 4 is 33.0 Å². The second kappa shape index (κ2) is 6.19. The number of hydrogen-bond acceptors (Lipinski definition) is 4. The molecule has 2 aromatic rings. The molecule has 1 aromatic heterocycles. The summed E-state index contributed by atoms with van der Waals surface area (Å²) in [6.07, 6.45) is 0. The van der Waals surface area contributed by atoms with E-state index in [1.807, 2.05) is 0 Å². The number of rotatable bonds is 5. The van der Waals surface area contributed by atoms with Gasteiger partial charge in [-0.15, -0.1) is 11.3 Å². The number of nitrogens with one attached hydrogen (secondary N) is 1. The van der Waals surface area contributed by atoms with E-state index in [4.69, 9.17) is 16.7 Å². The molecule has 108 valence electrons. The maximum Gasteiger partial charge on any atom is 0.240 e. The number of thiophene rings is 1. The second-order valence-corrected chi connectivity index (χ2v) is 7.51. The van der Waals surface area contributed by atoms with Crippen LogP contribution in [0.1, 0.15) is 10.4 Å². The van der Waals surface area contributed by atoms with Gasteiger partial charge in [0.1, 0.15) is 5.82 Å². The Kier molecular flexibility index (Phi) is 4.77. The zero-order chi connectivity index (χ0) is 14.8. The van der Waals surface area contributed by atoms with Crippen molar-refractivity contribution in [3.05, 3.63) is 50.9 Å². The lowest BCUT2D eigenvalue weighted by molar-refractivity contribution is 0.275. The fraction of sp³-hybridized carbons (Fsp3) is 0.167. The Hall–Kier alpha value is -0.990. The molecule has 0 unspecified atom stereocenters. The minimum Gasteiger partial charge on any atom is -0.392 e. The summed E-state index contributed by atoms with van der Waals surface area (Å²) in [6.45, 7) is -0.457. The highest BCUT2D eigenvalue weighted by atomic mass is 35.5. The Morgan fingerprint density at radius 1 is 1.30 bits per heavy atom. The van der Waals surface area contributed by atoms with Crippen LogP contribution in [0, 0.1) is 5.82 Å². The molecule has 0 aliphatic carbocycles. The summed E-state index contributed by atoms with van der Waals surface area (Å²) >= 11 is 7.03. The van der Waals surface area contributed by atoms with E-state index in [9.17, 15) is 12.8 Å². The molecule has 1 aromatic carbocycles. The summed E-state index contributed by atoms with van der Waals surface area (Å²) in [5.41, 5.74) is -0.0629. The Morgan fingerprint density at radius 2 is 2.05 bits per heavy atom. The fourth-order valence-electron chi connectivity index (χ4n) is 1.54. The number of halogens is 2. The van der Waals surface area contributed by atoms with Gasteiger partial charge in [0.2, 0.25) is 10.0 Å². The molecular formula is C12H11ClFNO3S2. The Labute approximate surface area is 124 Å². The van der Waals surface area contributed by atoms with Gasteiger partial charge in [0.25, 0.3) is 0 Å². The van der Waals surface area contributed by atoms with Crippen molar-refractivity contribution in [1.82, 2.24) is 4.72 Å². The first-order chi connectivity index (χ1) is 9.42. The largest absolute Gasteiger partial charge is 0.392 e. The van der Waals surface area contributed by atoms with Crippen molar-refractivity contribution in [3.63, 3.8) is 0 Å². The summed E-state index contributed by atoms with van der Waals surface area (Å²) in [6, 6.07) is 6.68. The monoisotopic (exact) mass is 335 g/mol. The minimum absolute atomic E-state index is 0.0629. The molecule has 0 saturated carbocycles. The molecule has 0 bridgehead atoms. The van der Waals surface area contributed by atoms with Crippen molar-refractivity contribution in [2.75, 3.05) is 0 Å². The van der Waals surface area contributed by atoms with Crippen LogP contribution in [0.15, 0.2) is 35.2 Å². The average Bonchev–Trinajstić information content (AvgIpc) is 2.83. The summed E-state index contributed by atoms with van der Waals surface area (Å²) in [4.78, 5) is 0.675. The summed E-state index contributed by atoms with van der Waals surface area (Å²) < 4.78 is 40.3. The van der Waals surface area contributed by atoms with Gasteiger partial charge in [0, 0.05) is 17.0 Å². The van der Waals surface area contributed by atoms with Crippen molar-refractivity contribution in [2.24, 2.45) is 0 Å². The number of sulfonamides is 1. The number of aliphatic hydroxyl groups is 1. The lowest BCUT2D eigenvalue weighted by atomic mass is 10.2. The van der Waals surface area contributed by atoms with Crippen molar-refractivity contribution in [2.45, 2.75) is 18.0 Å². The number of benzene rings is 1. The number of hydrogen-bond donors (Lipinski definition) is 2. The van der Waals surface area contributed by atoms with Gasteiger partial charge in [0.15, 0.2) is 0 Å². The van der Waals surface area contributed by atoms with Crippen LogP contribution in [0.25, 0.3) is 0 Å². The molecule has 0 aliphatic rings. The van der Waals surface area contributed by atoms with Gasteiger partial charge in [-0.1, -0.05) is 11.6 Å². The summed E-state index contributed by atoms with van der Waals surface area (Å²) in [5.74, 6) is -0.642. The highest BCUT2D eigenvalue weighted by Gasteiger charge is 2.16. The molecular weight excluding hydrogens is 325 g/mol. The molecule has 0 spiro atoms. The number of aliphatic hydroxyl groups excluding tert-OH is 1. The van der Waals surface area contributed by atoms with Gasteiger partial charge in [-0.2, -0.15) is 0 Å². The second-order valence-electron chi connectivity index (χ2n) is 3.94. The van der Waals surface area contributed by atoms with Gasteiger partial charge in [0.05, 0.1) is 15.8 Å². The third-order valence-corrected chi connectivity index (χ3v) is 5.19. The highest BCUT2D eigenvalue weighted by molar-refractivity contribution is 7.89. The summed E-state index contributed by atoms with van der Waals surface area (Å²) in [7, 11) is -3.76. The third kappa shape index (κ3) is 3.56. The summed E-state index contributed by atoms with van der Waals surface area (Å²) in [5, 5.41) is 8.95. The molecule has 4 nitrogen and oxygen atoms in total. The molecule has 8 heteroatoms. The van der Waals surface area contributed by atoms with Crippen LogP contribution in [0.5, 0.6) is 0 Å². The topological polar surface area (TPSA) is 66.4 Å². The smallest absolute Gasteiger partial charge is 0.240 e. The van der Waals surface area contributed by atoms with Crippen LogP contribution in [0.2, 0.25) is 4.34 Å². The van der Waals surface area contributed by atoms with E-state index >= 15 is 0 Å². The molecule has 0 fully saturated rings. The third-order valence-electron chi connectivity index (χ3n) is 2.56. The zero-order valence-corrected chi connectivity index (χ0v) is 12.5. The fourth-order valence-corrected chi connectivity index (χ4v) is 3.71. The molecule has 0 amide bonds.